The molecule has 0 unspecified atom stereocenters. The SMILES string of the molecule is N#Cc1ccccc1COc1cccc(C=NNc2nc(N)cs2)c1. The molecule has 0 spiro atoms. The highest BCUT2D eigenvalue weighted by Crippen LogP contribution is 2.17. The van der Waals surface area contributed by atoms with E-state index in [1.165, 1.54) is 11.3 Å². The first-order valence-corrected chi connectivity index (χ1v) is 8.33. The molecule has 0 radical (unpaired) electrons. The lowest BCUT2D eigenvalue weighted by atomic mass is 10.1. The number of thiazole rings is 1. The monoisotopic (exact) mass is 349 g/mol. The minimum Gasteiger partial charge on any atom is -0.489 e. The fraction of sp³-hybridized carbons (Fsp3) is 0.0556. The molecule has 3 rings (SSSR count). The van der Waals surface area contributed by atoms with Crippen LogP contribution in [0.2, 0.25) is 0 Å². The molecule has 0 atom stereocenters. The summed E-state index contributed by atoms with van der Waals surface area (Å²) in [5.74, 6) is 1.17. The highest BCUT2D eigenvalue weighted by molar-refractivity contribution is 7.14. The first-order chi connectivity index (χ1) is 12.2. The summed E-state index contributed by atoms with van der Waals surface area (Å²) in [7, 11) is 0. The van der Waals surface area contributed by atoms with E-state index in [2.05, 4.69) is 21.6 Å². The summed E-state index contributed by atoms with van der Waals surface area (Å²) in [5.41, 5.74) is 10.7. The minimum absolute atomic E-state index is 0.334. The number of ether oxygens (including phenoxy) is 1. The zero-order valence-corrected chi connectivity index (χ0v) is 14.0. The van der Waals surface area contributed by atoms with Crippen molar-refractivity contribution in [1.82, 2.24) is 4.98 Å². The Morgan fingerprint density at radius 3 is 2.96 bits per heavy atom. The van der Waals surface area contributed by atoms with Crippen molar-refractivity contribution in [2.24, 2.45) is 5.10 Å². The second-order valence-electron chi connectivity index (χ2n) is 5.08. The van der Waals surface area contributed by atoms with Crippen molar-refractivity contribution in [3.8, 4) is 11.8 Å². The van der Waals surface area contributed by atoms with Gasteiger partial charge in [-0.05, 0) is 23.8 Å². The minimum atomic E-state index is 0.334. The molecule has 1 aromatic heterocycles. The van der Waals surface area contributed by atoms with Gasteiger partial charge in [0.25, 0.3) is 0 Å². The maximum atomic E-state index is 9.11. The summed E-state index contributed by atoms with van der Waals surface area (Å²) in [4.78, 5) is 4.06. The maximum Gasteiger partial charge on any atom is 0.205 e. The predicted molar refractivity (Wildman–Crippen MR) is 99.7 cm³/mol. The van der Waals surface area contributed by atoms with E-state index in [0.29, 0.717) is 28.9 Å². The van der Waals surface area contributed by atoms with Gasteiger partial charge in [0.1, 0.15) is 18.2 Å². The number of hydrogen-bond acceptors (Lipinski definition) is 7. The molecule has 0 amide bonds. The van der Waals surface area contributed by atoms with Crippen LogP contribution in [0.25, 0.3) is 0 Å². The molecule has 3 aromatic rings. The summed E-state index contributed by atoms with van der Waals surface area (Å²) >= 11 is 1.39. The van der Waals surface area contributed by atoms with Gasteiger partial charge in [-0.25, -0.2) is 4.98 Å². The van der Waals surface area contributed by atoms with E-state index in [1.54, 1.807) is 17.7 Å². The van der Waals surface area contributed by atoms with Crippen molar-refractivity contribution < 1.29 is 4.74 Å². The van der Waals surface area contributed by atoms with Gasteiger partial charge >= 0.3 is 0 Å². The molecular formula is C18H15N5OS. The second-order valence-corrected chi connectivity index (χ2v) is 5.94. The third kappa shape index (κ3) is 4.56. The lowest BCUT2D eigenvalue weighted by Crippen LogP contribution is -1.98. The molecule has 0 saturated heterocycles. The number of rotatable bonds is 6. The molecular weight excluding hydrogens is 334 g/mol. The number of benzene rings is 2. The van der Waals surface area contributed by atoms with E-state index in [0.717, 1.165) is 11.1 Å². The highest BCUT2D eigenvalue weighted by atomic mass is 32.1. The Kier molecular flexibility index (Phi) is 5.24. The normalized spacial score (nSPS) is 10.5. The molecule has 124 valence electrons. The van der Waals surface area contributed by atoms with Gasteiger partial charge in [0.15, 0.2) is 0 Å². The highest BCUT2D eigenvalue weighted by Gasteiger charge is 2.02. The van der Waals surface area contributed by atoms with Gasteiger partial charge in [-0.15, -0.1) is 11.3 Å². The van der Waals surface area contributed by atoms with E-state index >= 15 is 0 Å². The zero-order valence-electron chi connectivity index (χ0n) is 13.2. The van der Waals surface area contributed by atoms with E-state index < -0.39 is 0 Å². The number of nitrogen functional groups attached to an aromatic ring is 1. The summed E-state index contributed by atoms with van der Waals surface area (Å²) in [6, 6.07) is 17.1. The molecule has 0 aliphatic rings. The van der Waals surface area contributed by atoms with Gasteiger partial charge in [0.05, 0.1) is 17.8 Å². The van der Waals surface area contributed by atoms with Gasteiger partial charge in [-0.3, -0.25) is 5.43 Å². The molecule has 0 fully saturated rings. The van der Waals surface area contributed by atoms with Crippen molar-refractivity contribution in [2.75, 3.05) is 11.2 Å². The van der Waals surface area contributed by atoms with Gasteiger partial charge in [-0.1, -0.05) is 30.3 Å². The molecule has 0 aliphatic heterocycles. The van der Waals surface area contributed by atoms with E-state index in [1.807, 2.05) is 42.5 Å². The topological polar surface area (TPSA) is 96.3 Å². The molecule has 0 saturated carbocycles. The standard InChI is InChI=1S/C18H15N5OS/c19-9-14-5-1-2-6-15(14)11-24-16-7-3-4-13(8-16)10-21-23-18-22-17(20)12-25-18/h1-8,10,12H,11,20H2,(H,22,23). The van der Waals surface area contributed by atoms with Gasteiger partial charge in [0, 0.05) is 10.9 Å². The number of aromatic nitrogens is 1. The van der Waals surface area contributed by atoms with Crippen molar-refractivity contribution in [3.63, 3.8) is 0 Å². The van der Waals surface area contributed by atoms with E-state index in [-0.39, 0.29) is 0 Å². The first-order valence-electron chi connectivity index (χ1n) is 7.45. The third-order valence-electron chi connectivity index (χ3n) is 3.29. The van der Waals surface area contributed by atoms with Gasteiger partial charge < -0.3 is 10.5 Å². The lowest BCUT2D eigenvalue weighted by molar-refractivity contribution is 0.306. The van der Waals surface area contributed by atoms with Crippen LogP contribution in [0.1, 0.15) is 16.7 Å². The Morgan fingerprint density at radius 1 is 1.28 bits per heavy atom. The Morgan fingerprint density at radius 2 is 2.16 bits per heavy atom. The zero-order chi connectivity index (χ0) is 17.5. The molecule has 1 heterocycles. The van der Waals surface area contributed by atoms with Crippen molar-refractivity contribution in [3.05, 3.63) is 70.6 Å². The van der Waals surface area contributed by atoms with Crippen LogP contribution in [0.4, 0.5) is 10.9 Å². The molecule has 2 aromatic carbocycles. The van der Waals surface area contributed by atoms with Crippen LogP contribution < -0.4 is 15.9 Å². The average Bonchev–Trinajstić information content (AvgIpc) is 3.06. The number of hydrazone groups is 1. The third-order valence-corrected chi connectivity index (χ3v) is 4.05. The summed E-state index contributed by atoms with van der Waals surface area (Å²) < 4.78 is 5.78. The Balaban J connectivity index is 1.62. The number of nitrogens with two attached hydrogens (primary N) is 1. The smallest absolute Gasteiger partial charge is 0.205 e. The molecule has 0 bridgehead atoms. The van der Waals surface area contributed by atoms with Gasteiger partial charge in [-0.2, -0.15) is 10.4 Å². The first kappa shape index (κ1) is 16.5. The van der Waals surface area contributed by atoms with Crippen LogP contribution in [0.15, 0.2) is 59.0 Å². The van der Waals surface area contributed by atoms with Crippen molar-refractivity contribution >= 4 is 28.5 Å². The molecule has 0 aliphatic carbocycles. The van der Waals surface area contributed by atoms with Gasteiger partial charge in [0.2, 0.25) is 5.13 Å². The quantitative estimate of drug-likeness (QED) is 0.523. The van der Waals surface area contributed by atoms with E-state index in [4.69, 9.17) is 15.7 Å². The Bertz CT molecular complexity index is 929. The fourth-order valence-corrected chi connectivity index (χ4v) is 2.65. The number of nitriles is 1. The van der Waals surface area contributed by atoms with Crippen LogP contribution in [0, 0.1) is 11.3 Å². The maximum absolute atomic E-state index is 9.11. The average molecular weight is 349 g/mol. The number of nitrogens with zero attached hydrogens (tertiary/aromatic N) is 3. The number of anilines is 2. The van der Waals surface area contributed by atoms with Crippen molar-refractivity contribution in [2.45, 2.75) is 6.61 Å². The van der Waals surface area contributed by atoms with Crippen LogP contribution in [0.3, 0.4) is 0 Å². The summed E-state index contributed by atoms with van der Waals surface area (Å²) in [6.45, 7) is 0.334. The Hall–Kier alpha value is -3.37. The van der Waals surface area contributed by atoms with E-state index in [9.17, 15) is 0 Å². The Labute approximate surface area is 149 Å². The second kappa shape index (κ2) is 7.95. The molecule has 25 heavy (non-hydrogen) atoms. The largest absolute Gasteiger partial charge is 0.489 e. The fourth-order valence-electron chi connectivity index (χ4n) is 2.10. The lowest BCUT2D eigenvalue weighted by Gasteiger charge is -2.08. The van der Waals surface area contributed by atoms with Crippen LogP contribution >= 0.6 is 11.3 Å². The summed E-state index contributed by atoms with van der Waals surface area (Å²) in [6.07, 6.45) is 1.67. The van der Waals surface area contributed by atoms with Crippen molar-refractivity contribution in [1.29, 1.82) is 5.26 Å². The summed E-state index contributed by atoms with van der Waals surface area (Å²) in [5, 5.41) is 15.6. The molecule has 6 nitrogen and oxygen atoms in total. The predicted octanol–water partition coefficient (Wildman–Crippen LogP) is 3.62. The number of nitrogens with one attached hydrogen (secondary N) is 1. The molecule has 3 N–H and O–H groups in total. The van der Waals surface area contributed by atoms with Crippen LogP contribution in [-0.4, -0.2) is 11.2 Å². The van der Waals surface area contributed by atoms with Crippen LogP contribution in [-0.2, 0) is 6.61 Å². The molecule has 7 heteroatoms. The number of hydrogen-bond donors (Lipinski definition) is 2. The van der Waals surface area contributed by atoms with Crippen LogP contribution in [0.5, 0.6) is 5.75 Å².